The van der Waals surface area contributed by atoms with Crippen LogP contribution < -0.4 is 5.73 Å². The molecule has 0 aromatic carbocycles. The minimum Gasteiger partial charge on any atom is -0.326 e. The molecule has 0 fully saturated rings. The van der Waals surface area contributed by atoms with Gasteiger partial charge in [0.1, 0.15) is 0 Å². The smallest absolute Gasteiger partial charge is 0.0834 e. The van der Waals surface area contributed by atoms with E-state index < -0.39 is 0 Å². The lowest BCUT2D eigenvalue weighted by Crippen LogP contribution is -2.06. The molecule has 2 N–H and O–H groups in total. The summed E-state index contributed by atoms with van der Waals surface area (Å²) < 4.78 is 2.00. The Labute approximate surface area is 101 Å². The highest BCUT2D eigenvalue weighted by molar-refractivity contribution is 5.23. The molecule has 0 saturated heterocycles. The summed E-state index contributed by atoms with van der Waals surface area (Å²) in [6, 6.07) is 4.02. The van der Waals surface area contributed by atoms with Crippen LogP contribution in [0.5, 0.6) is 0 Å². The van der Waals surface area contributed by atoms with Gasteiger partial charge in [0.05, 0.1) is 17.9 Å². The Morgan fingerprint density at radius 3 is 2.47 bits per heavy atom. The maximum Gasteiger partial charge on any atom is 0.0834 e. The molecule has 2 aromatic rings. The van der Waals surface area contributed by atoms with Gasteiger partial charge >= 0.3 is 0 Å². The van der Waals surface area contributed by atoms with E-state index in [1.807, 2.05) is 29.9 Å². The van der Waals surface area contributed by atoms with E-state index in [1.165, 1.54) is 11.3 Å². The van der Waals surface area contributed by atoms with Crippen molar-refractivity contribution in [1.29, 1.82) is 0 Å². The number of hydrogen-bond donors (Lipinski definition) is 1. The standard InChI is InChI=1S/C13H18N4/c1-9-10(2)16-17(11(9)3)8-13-5-4-12(6-14)7-15-13/h4-5,7H,6,8,14H2,1-3H3. The zero-order valence-electron chi connectivity index (χ0n) is 10.6. The summed E-state index contributed by atoms with van der Waals surface area (Å²) in [7, 11) is 0. The molecular weight excluding hydrogens is 212 g/mol. The fourth-order valence-electron chi connectivity index (χ4n) is 1.76. The summed E-state index contributed by atoms with van der Waals surface area (Å²) in [5.74, 6) is 0. The molecule has 0 atom stereocenters. The van der Waals surface area contributed by atoms with Crippen molar-refractivity contribution in [2.45, 2.75) is 33.9 Å². The Bertz CT molecular complexity index is 511. The lowest BCUT2D eigenvalue weighted by atomic mass is 10.2. The van der Waals surface area contributed by atoms with Gasteiger partial charge < -0.3 is 5.73 Å². The molecule has 0 aliphatic rings. The number of pyridine rings is 1. The van der Waals surface area contributed by atoms with Gasteiger partial charge in [-0.05, 0) is 38.0 Å². The van der Waals surface area contributed by atoms with E-state index in [-0.39, 0.29) is 0 Å². The highest BCUT2D eigenvalue weighted by atomic mass is 15.3. The van der Waals surface area contributed by atoms with Crippen LogP contribution in [0, 0.1) is 20.8 Å². The highest BCUT2D eigenvalue weighted by Gasteiger charge is 2.07. The molecule has 0 amide bonds. The molecule has 0 saturated carbocycles. The third-order valence-electron chi connectivity index (χ3n) is 3.18. The SMILES string of the molecule is Cc1nn(Cc2ccc(CN)cn2)c(C)c1C. The van der Waals surface area contributed by atoms with Crippen LogP contribution in [-0.4, -0.2) is 14.8 Å². The minimum atomic E-state index is 0.534. The molecule has 0 aliphatic carbocycles. The third kappa shape index (κ3) is 2.36. The average molecular weight is 230 g/mol. The average Bonchev–Trinajstić information content (AvgIpc) is 2.58. The number of rotatable bonds is 3. The second-order valence-corrected chi connectivity index (χ2v) is 4.32. The van der Waals surface area contributed by atoms with E-state index in [0.717, 1.165) is 17.0 Å². The summed E-state index contributed by atoms with van der Waals surface area (Å²) in [6.45, 7) is 7.46. The maximum atomic E-state index is 5.54. The van der Waals surface area contributed by atoms with Gasteiger partial charge in [-0.3, -0.25) is 9.67 Å². The van der Waals surface area contributed by atoms with E-state index in [4.69, 9.17) is 5.73 Å². The molecule has 2 aromatic heterocycles. The fourth-order valence-corrected chi connectivity index (χ4v) is 1.76. The first-order valence-electron chi connectivity index (χ1n) is 5.76. The second-order valence-electron chi connectivity index (χ2n) is 4.32. The quantitative estimate of drug-likeness (QED) is 0.873. The largest absolute Gasteiger partial charge is 0.326 e. The van der Waals surface area contributed by atoms with Crippen LogP contribution in [0.15, 0.2) is 18.3 Å². The number of aromatic nitrogens is 3. The number of hydrogen-bond acceptors (Lipinski definition) is 3. The van der Waals surface area contributed by atoms with E-state index >= 15 is 0 Å². The van der Waals surface area contributed by atoms with Crippen molar-refractivity contribution in [1.82, 2.24) is 14.8 Å². The highest BCUT2D eigenvalue weighted by Crippen LogP contribution is 2.12. The van der Waals surface area contributed by atoms with Gasteiger partial charge in [-0.2, -0.15) is 5.10 Å². The van der Waals surface area contributed by atoms with Gasteiger partial charge in [-0.15, -0.1) is 0 Å². The van der Waals surface area contributed by atoms with E-state index in [1.54, 1.807) is 0 Å². The molecule has 2 rings (SSSR count). The molecular formula is C13H18N4. The lowest BCUT2D eigenvalue weighted by molar-refractivity contribution is 0.646. The molecule has 90 valence electrons. The molecule has 4 heteroatoms. The van der Waals surface area contributed by atoms with Crippen molar-refractivity contribution >= 4 is 0 Å². The van der Waals surface area contributed by atoms with Crippen LogP contribution in [0.25, 0.3) is 0 Å². The topological polar surface area (TPSA) is 56.7 Å². The van der Waals surface area contributed by atoms with Gasteiger partial charge in [0, 0.05) is 18.4 Å². The molecule has 0 radical (unpaired) electrons. The van der Waals surface area contributed by atoms with Crippen molar-refractivity contribution in [3.63, 3.8) is 0 Å². The van der Waals surface area contributed by atoms with Crippen LogP contribution in [0.2, 0.25) is 0 Å². The van der Waals surface area contributed by atoms with Crippen molar-refractivity contribution < 1.29 is 0 Å². The van der Waals surface area contributed by atoms with Crippen molar-refractivity contribution in [3.05, 3.63) is 46.5 Å². The molecule has 2 heterocycles. The Hall–Kier alpha value is -1.68. The van der Waals surface area contributed by atoms with E-state index in [0.29, 0.717) is 13.1 Å². The summed E-state index contributed by atoms with van der Waals surface area (Å²) in [5.41, 5.74) is 11.1. The number of aryl methyl sites for hydroxylation is 1. The van der Waals surface area contributed by atoms with Crippen molar-refractivity contribution in [2.75, 3.05) is 0 Å². The number of nitrogens with two attached hydrogens (primary N) is 1. The predicted molar refractivity (Wildman–Crippen MR) is 67.7 cm³/mol. The molecule has 0 bridgehead atoms. The van der Waals surface area contributed by atoms with Gasteiger partial charge in [0.25, 0.3) is 0 Å². The number of nitrogens with zero attached hydrogens (tertiary/aromatic N) is 3. The minimum absolute atomic E-state index is 0.534. The van der Waals surface area contributed by atoms with Gasteiger partial charge in [-0.1, -0.05) is 6.07 Å². The van der Waals surface area contributed by atoms with Crippen LogP contribution >= 0.6 is 0 Å². The predicted octanol–water partition coefficient (Wildman–Crippen LogP) is 1.71. The van der Waals surface area contributed by atoms with Crippen LogP contribution in [-0.2, 0) is 13.1 Å². The molecule has 0 aliphatic heterocycles. The summed E-state index contributed by atoms with van der Waals surface area (Å²) in [6.07, 6.45) is 1.83. The van der Waals surface area contributed by atoms with Crippen molar-refractivity contribution in [3.8, 4) is 0 Å². The monoisotopic (exact) mass is 230 g/mol. The van der Waals surface area contributed by atoms with Gasteiger partial charge in [-0.25, -0.2) is 0 Å². The first-order valence-corrected chi connectivity index (χ1v) is 5.76. The van der Waals surface area contributed by atoms with Gasteiger partial charge in [0.2, 0.25) is 0 Å². The Kier molecular flexibility index (Phi) is 3.24. The first-order chi connectivity index (χ1) is 8.11. The van der Waals surface area contributed by atoms with Gasteiger partial charge in [0.15, 0.2) is 0 Å². The van der Waals surface area contributed by atoms with E-state index in [2.05, 4.69) is 23.9 Å². The van der Waals surface area contributed by atoms with Crippen LogP contribution in [0.1, 0.15) is 28.2 Å². The summed E-state index contributed by atoms with van der Waals surface area (Å²) in [5, 5.41) is 4.50. The fraction of sp³-hybridized carbons (Fsp3) is 0.385. The zero-order valence-corrected chi connectivity index (χ0v) is 10.6. The second kappa shape index (κ2) is 4.67. The zero-order chi connectivity index (χ0) is 12.4. The first kappa shape index (κ1) is 11.8. The van der Waals surface area contributed by atoms with Crippen LogP contribution in [0.3, 0.4) is 0 Å². The maximum absolute atomic E-state index is 5.54. The lowest BCUT2D eigenvalue weighted by Gasteiger charge is -2.05. The summed E-state index contributed by atoms with van der Waals surface area (Å²) in [4.78, 5) is 4.38. The molecule has 0 unspecified atom stereocenters. The Morgan fingerprint density at radius 1 is 1.24 bits per heavy atom. The Balaban J connectivity index is 2.22. The summed E-state index contributed by atoms with van der Waals surface area (Å²) >= 11 is 0. The normalized spacial score (nSPS) is 10.8. The third-order valence-corrected chi connectivity index (χ3v) is 3.18. The van der Waals surface area contributed by atoms with Crippen LogP contribution in [0.4, 0.5) is 0 Å². The molecule has 4 nitrogen and oxygen atoms in total. The Morgan fingerprint density at radius 2 is 2.00 bits per heavy atom. The van der Waals surface area contributed by atoms with E-state index in [9.17, 15) is 0 Å². The molecule has 17 heavy (non-hydrogen) atoms. The molecule has 0 spiro atoms. The van der Waals surface area contributed by atoms with Crippen molar-refractivity contribution in [2.24, 2.45) is 5.73 Å².